The van der Waals surface area contributed by atoms with Crippen molar-refractivity contribution in [3.63, 3.8) is 0 Å². The summed E-state index contributed by atoms with van der Waals surface area (Å²) in [6, 6.07) is 0.861. The van der Waals surface area contributed by atoms with E-state index in [0.29, 0.717) is 36.2 Å². The quantitative estimate of drug-likeness (QED) is 0.704. The summed E-state index contributed by atoms with van der Waals surface area (Å²) >= 11 is 3.14. The van der Waals surface area contributed by atoms with Crippen molar-refractivity contribution in [1.29, 1.82) is 0 Å². The van der Waals surface area contributed by atoms with Gasteiger partial charge in [0.25, 0.3) is 0 Å². The van der Waals surface area contributed by atoms with E-state index >= 15 is 0 Å². The first-order chi connectivity index (χ1) is 11.0. The number of hydrogen-bond donors (Lipinski definition) is 0. The second-order valence-corrected chi connectivity index (χ2v) is 6.67. The third-order valence-corrected chi connectivity index (χ3v) is 5.49. The Bertz CT molecular complexity index is 803. The van der Waals surface area contributed by atoms with E-state index in [1.165, 1.54) is 6.07 Å². The maximum absolute atomic E-state index is 14.1. The zero-order valence-corrected chi connectivity index (χ0v) is 13.8. The average molecular weight is 388 g/mol. The van der Waals surface area contributed by atoms with Crippen LogP contribution in [0.2, 0.25) is 0 Å². The molecule has 4 nitrogen and oxygen atoms in total. The van der Waals surface area contributed by atoms with Crippen LogP contribution in [0, 0.1) is 24.7 Å². The first-order valence-corrected chi connectivity index (χ1v) is 8.08. The van der Waals surface area contributed by atoms with Gasteiger partial charge < -0.3 is 9.64 Å². The second-order valence-electron chi connectivity index (χ2n) is 5.88. The highest BCUT2D eigenvalue weighted by atomic mass is 79.9. The molecule has 2 fully saturated rings. The number of nitrogens with zero attached hydrogens (tertiary/aromatic N) is 3. The number of halogens is 4. The molecule has 1 aromatic carbocycles. The fourth-order valence-electron chi connectivity index (χ4n) is 3.23. The smallest absolute Gasteiger partial charge is 0.311 e. The molecule has 2 heterocycles. The Labute approximate surface area is 138 Å². The molecule has 122 valence electrons. The summed E-state index contributed by atoms with van der Waals surface area (Å²) in [5, 5.41) is 0.379. The first kappa shape index (κ1) is 15.1. The fraction of sp³-hybridized carbons (Fsp3) is 0.467. The molecule has 2 aliphatic rings. The van der Waals surface area contributed by atoms with Crippen molar-refractivity contribution in [2.45, 2.75) is 19.1 Å². The Morgan fingerprint density at radius 2 is 2.13 bits per heavy atom. The van der Waals surface area contributed by atoms with Crippen LogP contribution < -0.4 is 4.90 Å². The predicted molar refractivity (Wildman–Crippen MR) is 82.2 cm³/mol. The van der Waals surface area contributed by atoms with Gasteiger partial charge in [-0.25, -0.2) is 13.8 Å². The Hall–Kier alpha value is -1.41. The van der Waals surface area contributed by atoms with E-state index in [4.69, 9.17) is 4.74 Å². The Morgan fingerprint density at radius 3 is 2.91 bits per heavy atom. The minimum Gasteiger partial charge on any atom is -0.379 e. The molecule has 0 radical (unpaired) electrons. The van der Waals surface area contributed by atoms with Gasteiger partial charge >= 0.3 is 6.08 Å². The van der Waals surface area contributed by atoms with Crippen LogP contribution in [0.15, 0.2) is 10.5 Å². The summed E-state index contributed by atoms with van der Waals surface area (Å²) in [6.07, 6.45) is -1.95. The Kier molecular flexibility index (Phi) is 3.49. The zero-order chi connectivity index (χ0) is 16.3. The third-order valence-electron chi connectivity index (χ3n) is 4.52. The Morgan fingerprint density at radius 1 is 1.35 bits per heavy atom. The van der Waals surface area contributed by atoms with Crippen LogP contribution in [0.3, 0.4) is 0 Å². The van der Waals surface area contributed by atoms with Crippen LogP contribution in [-0.4, -0.2) is 41.9 Å². The summed E-state index contributed by atoms with van der Waals surface area (Å²) in [6.45, 7) is 2.76. The van der Waals surface area contributed by atoms with Crippen molar-refractivity contribution in [2.24, 2.45) is 5.92 Å². The summed E-state index contributed by atoms with van der Waals surface area (Å²) in [4.78, 5) is 9.30. The minimum atomic E-state index is -1.04. The lowest BCUT2D eigenvalue weighted by Crippen LogP contribution is -2.31. The molecule has 1 saturated carbocycles. The number of fused-ring (bicyclic) bond motifs is 2. The second kappa shape index (κ2) is 5.31. The van der Waals surface area contributed by atoms with E-state index < -0.39 is 24.1 Å². The summed E-state index contributed by atoms with van der Waals surface area (Å²) < 4.78 is 47.6. The van der Waals surface area contributed by atoms with Crippen LogP contribution in [-0.2, 0) is 4.74 Å². The van der Waals surface area contributed by atoms with Gasteiger partial charge in [0, 0.05) is 17.8 Å². The minimum absolute atomic E-state index is 0.225. The number of anilines is 1. The van der Waals surface area contributed by atoms with E-state index in [1.54, 1.807) is 11.8 Å². The van der Waals surface area contributed by atoms with Gasteiger partial charge in [0.05, 0.1) is 29.2 Å². The molecule has 1 aliphatic carbocycles. The van der Waals surface area contributed by atoms with Crippen molar-refractivity contribution in [1.82, 2.24) is 9.97 Å². The SMILES string of the molecule is Cc1c(Br)c(F)cc2c(N3CCOC[C@H]4[C@H](F)[C@H]43)nc(F)nc12. The maximum atomic E-state index is 14.1. The number of alkyl halides is 1. The normalized spacial score (nSPS) is 27.0. The molecule has 2 aromatic rings. The molecule has 1 aromatic heterocycles. The molecule has 0 N–H and O–H groups in total. The molecule has 0 unspecified atom stereocenters. The largest absolute Gasteiger partial charge is 0.379 e. The van der Waals surface area contributed by atoms with E-state index in [1.807, 2.05) is 0 Å². The fourth-order valence-corrected chi connectivity index (χ4v) is 3.53. The number of aromatic nitrogens is 2. The number of aryl methyl sites for hydroxylation is 1. The highest BCUT2D eigenvalue weighted by Crippen LogP contribution is 2.44. The molecule has 8 heteroatoms. The molecule has 0 spiro atoms. The molecule has 0 bridgehead atoms. The van der Waals surface area contributed by atoms with Crippen LogP contribution in [0.4, 0.5) is 19.0 Å². The van der Waals surface area contributed by atoms with E-state index in [9.17, 15) is 13.2 Å². The lowest BCUT2D eigenvalue weighted by molar-refractivity contribution is 0.130. The molecule has 23 heavy (non-hydrogen) atoms. The molecule has 3 atom stereocenters. The summed E-state index contributed by atoms with van der Waals surface area (Å²) in [5.41, 5.74) is 0.802. The van der Waals surface area contributed by atoms with Gasteiger partial charge in [0.2, 0.25) is 0 Å². The third kappa shape index (κ3) is 2.30. The van der Waals surface area contributed by atoms with Gasteiger partial charge in [-0.2, -0.15) is 9.37 Å². The van der Waals surface area contributed by atoms with Crippen molar-refractivity contribution in [2.75, 3.05) is 24.7 Å². The van der Waals surface area contributed by atoms with Crippen molar-refractivity contribution >= 4 is 32.7 Å². The molecule has 4 rings (SSSR count). The van der Waals surface area contributed by atoms with Gasteiger partial charge in [-0.1, -0.05) is 0 Å². The topological polar surface area (TPSA) is 38.2 Å². The standard InChI is InChI=1S/C15H13BrF3N3O/c1-6-10(16)9(17)4-7-12(6)20-15(19)21-14(7)22-2-3-23-5-8-11(18)13(8)22/h4,8,11,13H,2-3,5H2,1H3/t8-,11-,13-/m0/s1. The van der Waals surface area contributed by atoms with E-state index in [-0.39, 0.29) is 16.2 Å². The van der Waals surface area contributed by atoms with Crippen LogP contribution in [0.5, 0.6) is 0 Å². The molecular formula is C15H13BrF3N3O. The maximum Gasteiger partial charge on any atom is 0.311 e. The predicted octanol–water partition coefficient (Wildman–Crippen LogP) is 3.15. The van der Waals surface area contributed by atoms with Gasteiger partial charge in [-0.15, -0.1) is 0 Å². The van der Waals surface area contributed by atoms with Crippen LogP contribution in [0.25, 0.3) is 10.9 Å². The number of benzene rings is 1. The highest BCUT2D eigenvalue weighted by Gasteiger charge is 2.56. The van der Waals surface area contributed by atoms with E-state index in [0.717, 1.165) is 0 Å². The monoisotopic (exact) mass is 387 g/mol. The molecule has 1 saturated heterocycles. The number of rotatable bonds is 1. The lowest BCUT2D eigenvalue weighted by Gasteiger charge is -2.24. The van der Waals surface area contributed by atoms with Gasteiger partial charge in [0.1, 0.15) is 17.8 Å². The van der Waals surface area contributed by atoms with Crippen LogP contribution in [0.1, 0.15) is 5.56 Å². The van der Waals surface area contributed by atoms with Gasteiger partial charge in [-0.05, 0) is 34.5 Å². The lowest BCUT2D eigenvalue weighted by atomic mass is 10.1. The summed E-state index contributed by atoms with van der Waals surface area (Å²) in [5.74, 6) is -0.503. The van der Waals surface area contributed by atoms with Gasteiger partial charge in [-0.3, -0.25) is 0 Å². The zero-order valence-electron chi connectivity index (χ0n) is 12.2. The Balaban J connectivity index is 1.92. The average Bonchev–Trinajstić information content (AvgIpc) is 3.21. The number of ether oxygens (including phenoxy) is 1. The first-order valence-electron chi connectivity index (χ1n) is 7.29. The van der Waals surface area contributed by atoms with Crippen molar-refractivity contribution in [3.05, 3.63) is 28.0 Å². The van der Waals surface area contributed by atoms with Crippen molar-refractivity contribution < 1.29 is 17.9 Å². The van der Waals surface area contributed by atoms with Crippen LogP contribution >= 0.6 is 15.9 Å². The molecule has 0 amide bonds. The summed E-state index contributed by atoms with van der Waals surface area (Å²) in [7, 11) is 0. The highest BCUT2D eigenvalue weighted by molar-refractivity contribution is 9.10. The molecule has 1 aliphatic heterocycles. The van der Waals surface area contributed by atoms with E-state index in [2.05, 4.69) is 25.9 Å². The van der Waals surface area contributed by atoms with Gasteiger partial charge in [0.15, 0.2) is 0 Å². The van der Waals surface area contributed by atoms with Crippen molar-refractivity contribution in [3.8, 4) is 0 Å². The molecular weight excluding hydrogens is 375 g/mol. The number of hydrogen-bond acceptors (Lipinski definition) is 4.